The van der Waals surface area contributed by atoms with Gasteiger partial charge in [-0.05, 0) is 59.0 Å². The molecule has 0 N–H and O–H groups in total. The quantitative estimate of drug-likeness (QED) is 0.381. The zero-order valence-electron chi connectivity index (χ0n) is 9.67. The lowest BCUT2D eigenvalue weighted by Crippen LogP contribution is -2.08. The summed E-state index contributed by atoms with van der Waals surface area (Å²) in [6, 6.07) is 12.8. The lowest BCUT2D eigenvalue weighted by molar-refractivity contribution is 0.0735. The molecule has 3 nitrogen and oxygen atoms in total. The van der Waals surface area contributed by atoms with Crippen LogP contribution in [0.1, 0.15) is 10.4 Å². The molecule has 1 aromatic heterocycles. The van der Waals surface area contributed by atoms with Gasteiger partial charge < -0.3 is 4.74 Å². The number of halogens is 1. The summed E-state index contributed by atoms with van der Waals surface area (Å²) in [5.41, 5.74) is 3.20. The summed E-state index contributed by atoms with van der Waals surface area (Å²) >= 11 is 3.69. The van der Waals surface area contributed by atoms with Crippen LogP contribution < -0.4 is 4.74 Å². The fraction of sp³-hybridized carbons (Fsp3) is 0. The third-order valence-corrected chi connectivity index (χ3v) is 4.04. The van der Waals surface area contributed by atoms with E-state index >= 15 is 0 Å². The molecule has 0 saturated carbocycles. The average Bonchev–Trinajstić information content (AvgIpc) is 2.85. The number of thiazole rings is 1. The molecule has 2 aromatic carbocycles. The number of rotatable bonds is 2. The van der Waals surface area contributed by atoms with Gasteiger partial charge in [0.2, 0.25) is 0 Å². The second-order valence-electron chi connectivity index (χ2n) is 3.88. The van der Waals surface area contributed by atoms with Gasteiger partial charge in [-0.25, -0.2) is 9.78 Å². The van der Waals surface area contributed by atoms with Crippen LogP contribution in [-0.4, -0.2) is 11.0 Å². The van der Waals surface area contributed by atoms with E-state index in [0.717, 1.165) is 13.8 Å². The molecule has 19 heavy (non-hydrogen) atoms. The molecule has 0 aliphatic heterocycles. The van der Waals surface area contributed by atoms with E-state index in [1.54, 1.807) is 17.6 Å². The molecule has 0 atom stereocenters. The van der Waals surface area contributed by atoms with Crippen molar-refractivity contribution in [1.29, 1.82) is 0 Å². The largest absolute Gasteiger partial charge is 0.423 e. The Morgan fingerprint density at radius 1 is 1.21 bits per heavy atom. The highest BCUT2D eigenvalue weighted by Gasteiger charge is 2.10. The molecule has 0 amide bonds. The van der Waals surface area contributed by atoms with Gasteiger partial charge in [-0.1, -0.05) is 6.07 Å². The Morgan fingerprint density at radius 2 is 2.11 bits per heavy atom. The topological polar surface area (TPSA) is 39.2 Å². The zero-order chi connectivity index (χ0) is 13.2. The first-order valence-corrected chi connectivity index (χ1v) is 7.49. The van der Waals surface area contributed by atoms with Crippen molar-refractivity contribution in [1.82, 2.24) is 4.98 Å². The molecule has 1 heterocycles. The van der Waals surface area contributed by atoms with Gasteiger partial charge in [0, 0.05) is 3.57 Å². The molecule has 0 saturated heterocycles. The van der Waals surface area contributed by atoms with Crippen molar-refractivity contribution in [3.8, 4) is 5.75 Å². The van der Waals surface area contributed by atoms with Crippen molar-refractivity contribution in [3.05, 3.63) is 57.1 Å². The van der Waals surface area contributed by atoms with Gasteiger partial charge in [0.15, 0.2) is 0 Å². The molecule has 3 rings (SSSR count). The molecule has 0 aliphatic carbocycles. The smallest absolute Gasteiger partial charge is 0.343 e. The molecule has 0 radical (unpaired) electrons. The standard InChI is InChI=1S/C14H8INO2S/c15-10-2-1-3-11(7-10)18-14(17)9-4-5-12-13(6-9)19-8-16-12/h1-8H. The summed E-state index contributed by atoms with van der Waals surface area (Å²) < 4.78 is 7.36. The van der Waals surface area contributed by atoms with Gasteiger partial charge in [0.05, 0.1) is 21.3 Å². The maximum Gasteiger partial charge on any atom is 0.343 e. The normalized spacial score (nSPS) is 10.6. The van der Waals surface area contributed by atoms with Crippen molar-refractivity contribution in [2.24, 2.45) is 0 Å². The predicted molar refractivity (Wildman–Crippen MR) is 83.7 cm³/mol. The monoisotopic (exact) mass is 381 g/mol. The fourth-order valence-electron chi connectivity index (χ4n) is 1.68. The van der Waals surface area contributed by atoms with E-state index in [1.165, 1.54) is 11.3 Å². The van der Waals surface area contributed by atoms with Crippen molar-refractivity contribution in [3.63, 3.8) is 0 Å². The number of esters is 1. The summed E-state index contributed by atoms with van der Waals surface area (Å²) in [5.74, 6) is 0.207. The average molecular weight is 381 g/mol. The molecule has 5 heteroatoms. The lowest BCUT2D eigenvalue weighted by Gasteiger charge is -2.04. The van der Waals surface area contributed by atoms with E-state index in [0.29, 0.717) is 11.3 Å². The summed E-state index contributed by atoms with van der Waals surface area (Å²) in [5, 5.41) is 0. The van der Waals surface area contributed by atoms with E-state index < -0.39 is 0 Å². The van der Waals surface area contributed by atoms with Crippen LogP contribution in [0.25, 0.3) is 10.2 Å². The van der Waals surface area contributed by atoms with Gasteiger partial charge in [-0.3, -0.25) is 0 Å². The van der Waals surface area contributed by atoms with Crippen molar-refractivity contribution in [2.75, 3.05) is 0 Å². The lowest BCUT2D eigenvalue weighted by atomic mass is 10.2. The molecule has 0 unspecified atom stereocenters. The van der Waals surface area contributed by atoms with Crippen molar-refractivity contribution >= 4 is 50.1 Å². The van der Waals surface area contributed by atoms with Gasteiger partial charge >= 0.3 is 5.97 Å². The summed E-state index contributed by atoms with van der Waals surface area (Å²) in [6.45, 7) is 0. The van der Waals surface area contributed by atoms with E-state index in [1.807, 2.05) is 30.3 Å². The van der Waals surface area contributed by atoms with Crippen LogP contribution in [-0.2, 0) is 0 Å². The number of carbonyl (C=O) groups excluding carboxylic acids is 1. The molecule has 3 aromatic rings. The van der Waals surface area contributed by atoms with E-state index in [2.05, 4.69) is 27.6 Å². The highest BCUT2D eigenvalue weighted by molar-refractivity contribution is 14.1. The molecular formula is C14H8INO2S. The van der Waals surface area contributed by atoms with Crippen LogP contribution in [0.5, 0.6) is 5.75 Å². The number of fused-ring (bicyclic) bond motifs is 1. The highest BCUT2D eigenvalue weighted by Crippen LogP contribution is 2.21. The Balaban J connectivity index is 1.87. The van der Waals surface area contributed by atoms with E-state index in [-0.39, 0.29) is 5.97 Å². The zero-order valence-corrected chi connectivity index (χ0v) is 12.6. The molecular weight excluding hydrogens is 373 g/mol. The second kappa shape index (κ2) is 5.26. The van der Waals surface area contributed by atoms with Crippen LogP contribution in [0, 0.1) is 3.57 Å². The molecule has 94 valence electrons. The van der Waals surface area contributed by atoms with Crippen LogP contribution in [0.15, 0.2) is 48.0 Å². The van der Waals surface area contributed by atoms with Crippen LogP contribution in [0.3, 0.4) is 0 Å². The summed E-state index contributed by atoms with van der Waals surface area (Å²) in [7, 11) is 0. The SMILES string of the molecule is O=C(Oc1cccc(I)c1)c1ccc2ncsc2c1. The molecule has 0 bridgehead atoms. The Morgan fingerprint density at radius 3 is 2.95 bits per heavy atom. The summed E-state index contributed by atoms with van der Waals surface area (Å²) in [6.07, 6.45) is 0. The molecule has 0 spiro atoms. The fourth-order valence-corrected chi connectivity index (χ4v) is 2.91. The first-order chi connectivity index (χ1) is 9.22. The molecule has 0 fully saturated rings. The first kappa shape index (κ1) is 12.6. The third kappa shape index (κ3) is 2.76. The molecule has 0 aliphatic rings. The number of hydrogen-bond acceptors (Lipinski definition) is 4. The Labute approximate surface area is 127 Å². The van der Waals surface area contributed by atoms with Gasteiger partial charge in [-0.15, -0.1) is 11.3 Å². The number of carbonyl (C=O) groups is 1. The number of hydrogen-bond donors (Lipinski definition) is 0. The van der Waals surface area contributed by atoms with Crippen molar-refractivity contribution < 1.29 is 9.53 Å². The van der Waals surface area contributed by atoms with Crippen LogP contribution in [0.2, 0.25) is 0 Å². The Kier molecular flexibility index (Phi) is 3.48. The van der Waals surface area contributed by atoms with E-state index in [4.69, 9.17) is 4.74 Å². The van der Waals surface area contributed by atoms with E-state index in [9.17, 15) is 4.79 Å². The number of ether oxygens (including phenoxy) is 1. The van der Waals surface area contributed by atoms with Crippen LogP contribution in [0.4, 0.5) is 0 Å². The minimum atomic E-state index is -0.350. The third-order valence-electron chi connectivity index (χ3n) is 2.57. The number of benzene rings is 2. The minimum absolute atomic E-state index is 0.350. The minimum Gasteiger partial charge on any atom is -0.423 e. The maximum absolute atomic E-state index is 12.1. The van der Waals surface area contributed by atoms with Gasteiger partial charge in [0.25, 0.3) is 0 Å². The maximum atomic E-state index is 12.1. The predicted octanol–water partition coefficient (Wildman–Crippen LogP) is 4.12. The van der Waals surface area contributed by atoms with Crippen molar-refractivity contribution in [2.45, 2.75) is 0 Å². The highest BCUT2D eigenvalue weighted by atomic mass is 127. The van der Waals surface area contributed by atoms with Gasteiger partial charge in [0.1, 0.15) is 5.75 Å². The Hall–Kier alpha value is -1.47. The van der Waals surface area contributed by atoms with Gasteiger partial charge in [-0.2, -0.15) is 0 Å². The summed E-state index contributed by atoms with van der Waals surface area (Å²) in [4.78, 5) is 16.2. The second-order valence-corrected chi connectivity index (χ2v) is 6.01. The number of nitrogens with zero attached hydrogens (tertiary/aromatic N) is 1. The first-order valence-electron chi connectivity index (χ1n) is 5.53. The Bertz CT molecular complexity index is 754. The van der Waals surface area contributed by atoms with Crippen LogP contribution >= 0.6 is 33.9 Å². The number of aromatic nitrogens is 1.